The van der Waals surface area contributed by atoms with Gasteiger partial charge >= 0.3 is 0 Å². The fourth-order valence-electron chi connectivity index (χ4n) is 6.13. The molecule has 3 aromatic rings. The lowest BCUT2D eigenvalue weighted by Gasteiger charge is -2.36. The maximum atomic E-state index is 14.3. The molecular formula is C29H34FN3O3. The number of aromatic nitrogens is 1. The third kappa shape index (κ3) is 4.19. The summed E-state index contributed by atoms with van der Waals surface area (Å²) in [5.41, 5.74) is 9.88. The van der Waals surface area contributed by atoms with Crippen molar-refractivity contribution in [3.05, 3.63) is 53.5 Å². The lowest BCUT2D eigenvalue weighted by molar-refractivity contribution is 0.0769. The molecule has 2 heterocycles. The molecule has 190 valence electrons. The van der Waals surface area contributed by atoms with Gasteiger partial charge in [-0.25, -0.2) is 4.39 Å². The van der Waals surface area contributed by atoms with E-state index in [1.165, 1.54) is 12.1 Å². The van der Waals surface area contributed by atoms with Crippen molar-refractivity contribution in [3.63, 3.8) is 0 Å². The van der Waals surface area contributed by atoms with Crippen LogP contribution in [0.25, 0.3) is 22.0 Å². The fraction of sp³-hybridized carbons (Fsp3) is 0.448. The normalized spacial score (nSPS) is 21.4. The Hall–Kier alpha value is -3.19. The number of fused-ring (bicyclic) bond motifs is 3. The van der Waals surface area contributed by atoms with Crippen LogP contribution in [0.3, 0.4) is 0 Å². The van der Waals surface area contributed by atoms with Gasteiger partial charge in [0.15, 0.2) is 0 Å². The number of primary amides is 1. The summed E-state index contributed by atoms with van der Waals surface area (Å²) in [6.45, 7) is 4.25. The monoisotopic (exact) mass is 491 g/mol. The first-order valence-electron chi connectivity index (χ1n) is 13.0. The number of nitrogens with two attached hydrogens (primary N) is 1. The van der Waals surface area contributed by atoms with Crippen molar-refractivity contribution in [1.82, 2.24) is 4.57 Å². The second kappa shape index (κ2) is 9.36. The molecule has 0 saturated heterocycles. The second-order valence-corrected chi connectivity index (χ2v) is 10.5. The Morgan fingerprint density at radius 2 is 1.83 bits per heavy atom. The number of hydrogen-bond donors (Lipinski definition) is 3. The van der Waals surface area contributed by atoms with Gasteiger partial charge in [-0.2, -0.15) is 0 Å². The molecular weight excluding hydrogens is 457 g/mol. The minimum atomic E-state index is -0.517. The zero-order valence-corrected chi connectivity index (χ0v) is 20.9. The van der Waals surface area contributed by atoms with Crippen molar-refractivity contribution >= 4 is 28.4 Å². The molecule has 0 spiro atoms. The van der Waals surface area contributed by atoms with Crippen LogP contribution in [-0.4, -0.2) is 33.6 Å². The summed E-state index contributed by atoms with van der Waals surface area (Å²) in [5.74, 6) is -0.901. The van der Waals surface area contributed by atoms with E-state index in [-0.39, 0.29) is 29.3 Å². The van der Waals surface area contributed by atoms with Crippen LogP contribution in [0.5, 0.6) is 0 Å². The van der Waals surface area contributed by atoms with Gasteiger partial charge in [0.2, 0.25) is 5.91 Å². The van der Waals surface area contributed by atoms with Crippen LogP contribution in [0.15, 0.2) is 36.4 Å². The number of carbonyl (C=O) groups excluding carboxylic acids is 2. The van der Waals surface area contributed by atoms with Crippen molar-refractivity contribution in [2.45, 2.75) is 77.4 Å². The van der Waals surface area contributed by atoms with Crippen LogP contribution >= 0.6 is 0 Å². The number of nitrogens with zero attached hydrogens (tertiary/aromatic N) is 1. The average Bonchev–Trinajstić information content (AvgIpc) is 3.18. The summed E-state index contributed by atoms with van der Waals surface area (Å²) < 4.78 is 16.0. The van der Waals surface area contributed by atoms with E-state index in [1.54, 1.807) is 16.7 Å². The van der Waals surface area contributed by atoms with Gasteiger partial charge < -0.3 is 16.2 Å². The van der Waals surface area contributed by atoms with E-state index >= 15 is 0 Å². The zero-order valence-electron chi connectivity index (χ0n) is 20.9. The largest absolute Gasteiger partial charge is 0.393 e. The Bertz CT molecular complexity index is 1330. The van der Waals surface area contributed by atoms with Crippen LogP contribution < -0.4 is 11.1 Å². The van der Waals surface area contributed by atoms with Gasteiger partial charge in [-0.05, 0) is 86.3 Å². The van der Waals surface area contributed by atoms with E-state index in [1.807, 2.05) is 12.1 Å². The molecule has 1 amide bonds. The number of rotatable bonds is 6. The van der Waals surface area contributed by atoms with E-state index in [0.717, 1.165) is 54.3 Å². The van der Waals surface area contributed by atoms with Gasteiger partial charge in [0, 0.05) is 34.8 Å². The molecule has 0 unspecified atom stereocenters. The number of benzene rings is 2. The van der Waals surface area contributed by atoms with Crippen LogP contribution in [0.2, 0.25) is 0 Å². The third-order valence-electron chi connectivity index (χ3n) is 8.48. The molecule has 2 aromatic carbocycles. The summed E-state index contributed by atoms with van der Waals surface area (Å²) in [4.78, 5) is 25.7. The standard InChI is InChI=1S/C29H34FN3O3/c1-3-29(4-2)15-25-27(22-12-6-18(30)14-24(22)33(25)26(35)16-29)17-5-11-21(28(31)36)23(13-17)32-19-7-9-20(34)10-8-19/h5-6,11-14,19-20,32,34H,3-4,7-10,15-16H2,1-2H3,(H2,31,36). The molecule has 0 bridgehead atoms. The van der Waals surface area contributed by atoms with Crippen LogP contribution in [0, 0.1) is 11.2 Å². The van der Waals surface area contributed by atoms with Crippen LogP contribution in [0.4, 0.5) is 10.1 Å². The van der Waals surface area contributed by atoms with Crippen LogP contribution in [0.1, 0.15) is 79.6 Å². The fourth-order valence-corrected chi connectivity index (χ4v) is 6.13. The highest BCUT2D eigenvalue weighted by Crippen LogP contribution is 2.46. The zero-order chi connectivity index (χ0) is 25.6. The summed E-state index contributed by atoms with van der Waals surface area (Å²) in [7, 11) is 0. The van der Waals surface area contributed by atoms with Crippen LogP contribution in [-0.2, 0) is 6.42 Å². The minimum Gasteiger partial charge on any atom is -0.393 e. The molecule has 0 atom stereocenters. The molecule has 7 heteroatoms. The number of anilines is 1. The molecule has 1 aromatic heterocycles. The highest BCUT2D eigenvalue weighted by Gasteiger charge is 2.39. The highest BCUT2D eigenvalue weighted by molar-refractivity contribution is 6.06. The Kier molecular flexibility index (Phi) is 6.37. The van der Waals surface area contributed by atoms with E-state index in [9.17, 15) is 19.1 Å². The van der Waals surface area contributed by atoms with Gasteiger partial charge in [0.25, 0.3) is 5.91 Å². The van der Waals surface area contributed by atoms with Gasteiger partial charge in [0.1, 0.15) is 5.82 Å². The molecule has 4 N–H and O–H groups in total. The highest BCUT2D eigenvalue weighted by atomic mass is 19.1. The van der Waals surface area contributed by atoms with Gasteiger partial charge in [-0.3, -0.25) is 14.2 Å². The summed E-state index contributed by atoms with van der Waals surface area (Å²) in [5, 5.41) is 14.2. The molecule has 36 heavy (non-hydrogen) atoms. The number of aliphatic hydroxyl groups excluding tert-OH is 1. The molecule has 2 aliphatic rings. The van der Waals surface area contributed by atoms with E-state index in [0.29, 0.717) is 36.0 Å². The predicted molar refractivity (Wildman–Crippen MR) is 140 cm³/mol. The predicted octanol–water partition coefficient (Wildman–Crippen LogP) is 5.65. The average molecular weight is 492 g/mol. The number of nitrogens with one attached hydrogen (secondary N) is 1. The molecule has 0 radical (unpaired) electrons. The molecule has 1 saturated carbocycles. The Labute approximate surface area is 210 Å². The number of halogens is 1. The Morgan fingerprint density at radius 3 is 2.50 bits per heavy atom. The van der Waals surface area contributed by atoms with E-state index in [2.05, 4.69) is 19.2 Å². The Morgan fingerprint density at radius 1 is 1.11 bits per heavy atom. The topological polar surface area (TPSA) is 97.4 Å². The number of carbonyl (C=O) groups is 2. The first-order valence-corrected chi connectivity index (χ1v) is 13.0. The quantitative estimate of drug-likeness (QED) is 0.415. The number of aliphatic hydroxyl groups is 1. The lowest BCUT2D eigenvalue weighted by atomic mass is 9.72. The Balaban J connectivity index is 1.68. The first-order chi connectivity index (χ1) is 17.2. The SMILES string of the molecule is CCC1(CC)CC(=O)n2c(c(-c3ccc(C(N)=O)c(NC4CCC(O)CC4)c3)c3ccc(F)cc32)C1. The maximum absolute atomic E-state index is 14.3. The van der Waals surface area contributed by atoms with Crippen molar-refractivity contribution in [2.24, 2.45) is 11.1 Å². The van der Waals surface area contributed by atoms with Crippen molar-refractivity contribution in [1.29, 1.82) is 0 Å². The number of hydrogen-bond acceptors (Lipinski definition) is 4. The molecule has 1 aliphatic carbocycles. The van der Waals surface area contributed by atoms with Gasteiger partial charge in [0.05, 0.1) is 17.2 Å². The maximum Gasteiger partial charge on any atom is 0.250 e. The molecule has 1 aliphatic heterocycles. The molecule has 5 rings (SSSR count). The van der Waals surface area contributed by atoms with Crippen molar-refractivity contribution in [3.8, 4) is 11.1 Å². The van der Waals surface area contributed by atoms with Crippen molar-refractivity contribution in [2.75, 3.05) is 5.32 Å². The summed E-state index contributed by atoms with van der Waals surface area (Å²) in [6, 6.07) is 10.3. The molecule has 6 nitrogen and oxygen atoms in total. The van der Waals surface area contributed by atoms with Gasteiger partial charge in [-0.15, -0.1) is 0 Å². The summed E-state index contributed by atoms with van der Waals surface area (Å²) in [6.07, 6.45) is 5.67. The first kappa shape index (κ1) is 24.5. The van der Waals surface area contributed by atoms with Crippen molar-refractivity contribution < 1.29 is 19.1 Å². The third-order valence-corrected chi connectivity index (χ3v) is 8.48. The second-order valence-electron chi connectivity index (χ2n) is 10.5. The molecule has 1 fully saturated rings. The lowest BCUT2D eigenvalue weighted by Crippen LogP contribution is -2.35. The summed E-state index contributed by atoms with van der Waals surface area (Å²) >= 11 is 0. The van der Waals surface area contributed by atoms with Gasteiger partial charge in [-0.1, -0.05) is 19.9 Å². The smallest absolute Gasteiger partial charge is 0.250 e. The number of amides is 1. The van der Waals surface area contributed by atoms with E-state index < -0.39 is 5.91 Å². The minimum absolute atomic E-state index is 0.00494. The van der Waals surface area contributed by atoms with E-state index in [4.69, 9.17) is 5.73 Å².